The van der Waals surface area contributed by atoms with Crippen molar-refractivity contribution in [2.75, 3.05) is 13.6 Å². The highest BCUT2D eigenvalue weighted by Gasteiger charge is 2.45. The molecule has 3 rings (SSSR count). The van der Waals surface area contributed by atoms with Crippen molar-refractivity contribution in [3.8, 4) is 0 Å². The number of hydrogen-bond acceptors (Lipinski definition) is 3. The Labute approximate surface area is 132 Å². The van der Waals surface area contributed by atoms with Crippen LogP contribution >= 0.6 is 15.9 Å². The lowest BCUT2D eigenvalue weighted by atomic mass is 9.95. The minimum Gasteiger partial charge on any atom is -0.339 e. The molecule has 0 unspecified atom stereocenters. The number of carbonyl (C=O) groups is 1. The van der Waals surface area contributed by atoms with E-state index in [0.717, 1.165) is 17.3 Å². The topological polar surface area (TPSA) is 46.1 Å². The first-order valence-electron chi connectivity index (χ1n) is 6.88. The average molecular weight is 346 g/mol. The van der Waals surface area contributed by atoms with Gasteiger partial charge >= 0.3 is 0 Å². The molecule has 2 aromatic rings. The number of benzene rings is 1. The molecule has 0 radical (unpaired) electrons. The zero-order chi connectivity index (χ0) is 14.9. The third-order valence-electron chi connectivity index (χ3n) is 3.98. The monoisotopic (exact) mass is 345 g/mol. The predicted octanol–water partition coefficient (Wildman–Crippen LogP) is 3.04. The van der Waals surface area contributed by atoms with E-state index in [2.05, 4.69) is 50.2 Å². The Morgan fingerprint density at radius 1 is 1.29 bits per heavy atom. The van der Waals surface area contributed by atoms with Gasteiger partial charge in [0, 0.05) is 35.9 Å². The summed E-state index contributed by atoms with van der Waals surface area (Å²) in [6, 6.07) is 8.38. The lowest BCUT2D eigenvalue weighted by Gasteiger charge is -2.24. The number of nitrogens with zero attached hydrogens (tertiary/aromatic N) is 3. The van der Waals surface area contributed by atoms with Gasteiger partial charge in [0.2, 0.25) is 0 Å². The highest BCUT2D eigenvalue weighted by Crippen LogP contribution is 2.48. The average Bonchev–Trinajstić information content (AvgIpc) is 3.28. The van der Waals surface area contributed by atoms with Crippen molar-refractivity contribution < 1.29 is 4.79 Å². The van der Waals surface area contributed by atoms with Crippen LogP contribution in [0.3, 0.4) is 0 Å². The van der Waals surface area contributed by atoms with Crippen LogP contribution in [0.1, 0.15) is 28.9 Å². The molecule has 1 amide bonds. The highest BCUT2D eigenvalue weighted by molar-refractivity contribution is 9.10. The molecule has 1 aliphatic carbocycles. The summed E-state index contributed by atoms with van der Waals surface area (Å²) in [5.41, 5.74) is 1.80. The van der Waals surface area contributed by atoms with Gasteiger partial charge in [0.05, 0.1) is 6.20 Å². The minimum absolute atomic E-state index is 0.0773. The smallest absolute Gasteiger partial charge is 0.273 e. The van der Waals surface area contributed by atoms with Crippen molar-refractivity contribution in [3.05, 3.63) is 58.6 Å². The zero-order valence-corrected chi connectivity index (χ0v) is 13.4. The van der Waals surface area contributed by atoms with Crippen LogP contribution in [0.5, 0.6) is 0 Å². The molecule has 1 aromatic carbocycles. The summed E-state index contributed by atoms with van der Waals surface area (Å²) >= 11 is 3.46. The van der Waals surface area contributed by atoms with Gasteiger partial charge in [0.1, 0.15) is 5.69 Å². The molecule has 0 aliphatic heterocycles. The molecule has 0 N–H and O–H groups in total. The zero-order valence-electron chi connectivity index (χ0n) is 11.8. The van der Waals surface area contributed by atoms with Gasteiger partial charge in [-0.05, 0) is 30.5 Å². The summed E-state index contributed by atoms with van der Waals surface area (Å²) in [4.78, 5) is 22.1. The van der Waals surface area contributed by atoms with Crippen molar-refractivity contribution in [1.82, 2.24) is 14.9 Å². The van der Waals surface area contributed by atoms with Gasteiger partial charge in [0.25, 0.3) is 5.91 Å². The molecule has 1 heterocycles. The normalized spacial score (nSPS) is 15.5. The number of amides is 1. The molecule has 0 atom stereocenters. The van der Waals surface area contributed by atoms with E-state index in [1.54, 1.807) is 17.3 Å². The number of rotatable bonds is 4. The summed E-state index contributed by atoms with van der Waals surface area (Å²) in [6.45, 7) is 0.712. The molecule has 21 heavy (non-hydrogen) atoms. The van der Waals surface area contributed by atoms with E-state index in [-0.39, 0.29) is 11.3 Å². The standard InChI is InChI=1S/C16H16BrN3O/c1-20(15(21)14-10-18-8-9-19-14)11-16(6-7-16)12-2-4-13(17)5-3-12/h2-5,8-10H,6-7,11H2,1H3. The van der Waals surface area contributed by atoms with Crippen LogP contribution in [-0.2, 0) is 5.41 Å². The van der Waals surface area contributed by atoms with Crippen molar-refractivity contribution in [3.63, 3.8) is 0 Å². The van der Waals surface area contributed by atoms with Gasteiger partial charge in [-0.25, -0.2) is 4.98 Å². The summed E-state index contributed by atoms with van der Waals surface area (Å²) in [5, 5.41) is 0. The van der Waals surface area contributed by atoms with E-state index in [1.807, 2.05) is 7.05 Å². The first-order valence-corrected chi connectivity index (χ1v) is 7.68. The van der Waals surface area contributed by atoms with Crippen molar-refractivity contribution in [1.29, 1.82) is 0 Å². The maximum Gasteiger partial charge on any atom is 0.273 e. The van der Waals surface area contributed by atoms with Crippen molar-refractivity contribution in [2.45, 2.75) is 18.3 Å². The Morgan fingerprint density at radius 2 is 2.00 bits per heavy atom. The van der Waals surface area contributed by atoms with Crippen LogP contribution in [0, 0.1) is 0 Å². The quantitative estimate of drug-likeness (QED) is 0.855. The lowest BCUT2D eigenvalue weighted by Crippen LogP contribution is -2.35. The van der Waals surface area contributed by atoms with Crippen LogP contribution in [0.4, 0.5) is 0 Å². The number of carbonyl (C=O) groups excluding carboxylic acids is 1. The van der Waals surface area contributed by atoms with Gasteiger partial charge in [-0.2, -0.15) is 0 Å². The summed E-state index contributed by atoms with van der Waals surface area (Å²) < 4.78 is 1.08. The molecule has 0 saturated heterocycles. The molecule has 1 fully saturated rings. The summed E-state index contributed by atoms with van der Waals surface area (Å²) in [6.07, 6.45) is 6.86. The fourth-order valence-electron chi connectivity index (χ4n) is 2.62. The molecule has 1 aromatic heterocycles. The first kappa shape index (κ1) is 14.2. The second-order valence-electron chi connectivity index (χ2n) is 5.54. The maximum atomic E-state index is 12.4. The van der Waals surface area contributed by atoms with Crippen LogP contribution < -0.4 is 0 Å². The van der Waals surface area contributed by atoms with Gasteiger partial charge in [-0.15, -0.1) is 0 Å². The Hall–Kier alpha value is -1.75. The molecule has 5 heteroatoms. The second-order valence-corrected chi connectivity index (χ2v) is 6.45. The Balaban J connectivity index is 1.74. The Kier molecular flexibility index (Phi) is 3.76. The highest BCUT2D eigenvalue weighted by atomic mass is 79.9. The molecular weight excluding hydrogens is 330 g/mol. The van der Waals surface area contributed by atoms with Crippen LogP contribution in [-0.4, -0.2) is 34.4 Å². The molecule has 108 valence electrons. The second kappa shape index (κ2) is 5.56. The minimum atomic E-state index is -0.0773. The third kappa shape index (κ3) is 2.97. The number of hydrogen-bond donors (Lipinski definition) is 0. The van der Waals surface area contributed by atoms with E-state index < -0.39 is 0 Å². The predicted molar refractivity (Wildman–Crippen MR) is 84.0 cm³/mol. The molecule has 0 bridgehead atoms. The fourth-order valence-corrected chi connectivity index (χ4v) is 2.89. The SMILES string of the molecule is CN(CC1(c2ccc(Br)cc2)CC1)C(=O)c1cnccn1. The number of likely N-dealkylation sites (N-methyl/N-ethyl adjacent to an activating group) is 1. The molecule has 0 spiro atoms. The molecule has 1 aliphatic rings. The number of aromatic nitrogens is 2. The lowest BCUT2D eigenvalue weighted by molar-refractivity contribution is 0.0775. The molecular formula is C16H16BrN3O. The third-order valence-corrected chi connectivity index (χ3v) is 4.51. The van der Waals surface area contributed by atoms with Crippen molar-refractivity contribution in [2.24, 2.45) is 0 Å². The Morgan fingerprint density at radius 3 is 2.57 bits per heavy atom. The molecule has 4 nitrogen and oxygen atoms in total. The van der Waals surface area contributed by atoms with E-state index in [9.17, 15) is 4.79 Å². The van der Waals surface area contributed by atoms with Crippen LogP contribution in [0.2, 0.25) is 0 Å². The van der Waals surface area contributed by atoms with E-state index in [1.165, 1.54) is 11.8 Å². The fraction of sp³-hybridized carbons (Fsp3) is 0.312. The van der Waals surface area contributed by atoms with Gasteiger partial charge in [0.15, 0.2) is 0 Å². The van der Waals surface area contributed by atoms with Gasteiger partial charge in [-0.1, -0.05) is 28.1 Å². The van der Waals surface area contributed by atoms with E-state index in [4.69, 9.17) is 0 Å². The van der Waals surface area contributed by atoms with Crippen molar-refractivity contribution >= 4 is 21.8 Å². The van der Waals surface area contributed by atoms with E-state index >= 15 is 0 Å². The van der Waals surface area contributed by atoms with Crippen LogP contribution in [0.25, 0.3) is 0 Å². The maximum absolute atomic E-state index is 12.4. The van der Waals surface area contributed by atoms with E-state index in [0.29, 0.717) is 12.2 Å². The largest absolute Gasteiger partial charge is 0.339 e. The van der Waals surface area contributed by atoms with Crippen LogP contribution in [0.15, 0.2) is 47.3 Å². The summed E-state index contributed by atoms with van der Waals surface area (Å²) in [7, 11) is 1.83. The van der Waals surface area contributed by atoms with Gasteiger partial charge in [-0.3, -0.25) is 9.78 Å². The molecule has 1 saturated carbocycles. The first-order chi connectivity index (χ1) is 10.1. The number of halogens is 1. The Bertz CT molecular complexity index is 638. The van der Waals surface area contributed by atoms with Gasteiger partial charge < -0.3 is 4.90 Å². The summed E-state index contributed by atoms with van der Waals surface area (Å²) in [5.74, 6) is -0.0773.